The highest BCUT2D eigenvalue weighted by molar-refractivity contribution is 5.55. The summed E-state index contributed by atoms with van der Waals surface area (Å²) in [5, 5.41) is 0. The fraction of sp³-hybridized carbons (Fsp3) is 0.467. The van der Waals surface area contributed by atoms with Crippen LogP contribution in [-0.2, 0) is 0 Å². The number of nitrogens with two attached hydrogens (primary N) is 1. The van der Waals surface area contributed by atoms with Gasteiger partial charge in [0.15, 0.2) is 5.82 Å². The first-order valence-electron chi connectivity index (χ1n) is 7.08. The molecule has 0 saturated heterocycles. The van der Waals surface area contributed by atoms with Gasteiger partial charge in [0.05, 0.1) is 0 Å². The second kappa shape index (κ2) is 5.15. The molecule has 20 heavy (non-hydrogen) atoms. The Bertz CT molecular complexity index is 632. The molecule has 0 aliphatic heterocycles. The Labute approximate surface area is 118 Å². The van der Waals surface area contributed by atoms with Gasteiger partial charge in [-0.2, -0.15) is 9.97 Å². The number of rotatable bonds is 2. The minimum absolute atomic E-state index is 0.290. The molecule has 1 aliphatic rings. The number of hydrogen-bond acceptors (Lipinski definition) is 5. The van der Waals surface area contributed by atoms with Crippen molar-refractivity contribution in [2.24, 2.45) is 0 Å². The van der Waals surface area contributed by atoms with Gasteiger partial charge in [-0.05, 0) is 37.8 Å². The van der Waals surface area contributed by atoms with Crippen LogP contribution in [0.2, 0.25) is 0 Å². The van der Waals surface area contributed by atoms with Crippen molar-refractivity contribution in [1.29, 1.82) is 0 Å². The van der Waals surface area contributed by atoms with E-state index in [1.54, 1.807) is 0 Å². The molecule has 0 atom stereocenters. The molecule has 1 saturated carbocycles. The van der Waals surface area contributed by atoms with Crippen molar-refractivity contribution < 1.29 is 0 Å². The van der Waals surface area contributed by atoms with Crippen LogP contribution in [0.25, 0.3) is 11.5 Å². The van der Waals surface area contributed by atoms with E-state index in [0.29, 0.717) is 17.7 Å². The Hall–Kier alpha value is -2.04. The fourth-order valence-electron chi connectivity index (χ4n) is 2.83. The van der Waals surface area contributed by atoms with Gasteiger partial charge in [-0.3, -0.25) is 4.98 Å². The minimum Gasteiger partial charge on any atom is -0.368 e. The van der Waals surface area contributed by atoms with Crippen molar-refractivity contribution in [3.63, 3.8) is 0 Å². The van der Waals surface area contributed by atoms with E-state index in [1.165, 1.54) is 12.8 Å². The summed E-state index contributed by atoms with van der Waals surface area (Å²) in [6, 6.07) is 2.08. The second-order valence-electron chi connectivity index (χ2n) is 5.53. The lowest BCUT2D eigenvalue weighted by molar-refractivity contribution is 0.664. The summed E-state index contributed by atoms with van der Waals surface area (Å²) in [7, 11) is 0. The van der Waals surface area contributed by atoms with E-state index in [9.17, 15) is 0 Å². The predicted octanol–water partition coefficient (Wildman–Crippen LogP) is 2.79. The Morgan fingerprint density at radius 3 is 2.55 bits per heavy atom. The van der Waals surface area contributed by atoms with Gasteiger partial charge < -0.3 is 5.73 Å². The van der Waals surface area contributed by atoms with Crippen molar-refractivity contribution in [1.82, 2.24) is 19.9 Å². The van der Waals surface area contributed by atoms with Gasteiger partial charge in [-0.15, -0.1) is 0 Å². The second-order valence-corrected chi connectivity index (χ2v) is 5.53. The van der Waals surface area contributed by atoms with Crippen molar-refractivity contribution in [2.45, 2.75) is 45.4 Å². The minimum atomic E-state index is 0.290. The van der Waals surface area contributed by atoms with E-state index < -0.39 is 0 Å². The highest BCUT2D eigenvalue weighted by Crippen LogP contribution is 2.33. The van der Waals surface area contributed by atoms with E-state index in [1.807, 2.05) is 20.0 Å². The van der Waals surface area contributed by atoms with Gasteiger partial charge >= 0.3 is 0 Å². The molecule has 3 rings (SSSR count). The van der Waals surface area contributed by atoms with Crippen LogP contribution in [0.15, 0.2) is 12.3 Å². The molecule has 0 spiro atoms. The lowest BCUT2D eigenvalue weighted by Gasteiger charge is -2.10. The Balaban J connectivity index is 2.04. The lowest BCUT2D eigenvalue weighted by atomic mass is 10.1. The summed E-state index contributed by atoms with van der Waals surface area (Å²) in [5.41, 5.74) is 8.84. The normalized spacial score (nSPS) is 15.7. The van der Waals surface area contributed by atoms with Crippen LogP contribution in [0.4, 0.5) is 5.95 Å². The maximum absolute atomic E-state index is 5.85. The number of aryl methyl sites for hydroxylation is 2. The predicted molar refractivity (Wildman–Crippen MR) is 78.2 cm³/mol. The Kier molecular flexibility index (Phi) is 3.34. The molecule has 5 nitrogen and oxygen atoms in total. The van der Waals surface area contributed by atoms with E-state index >= 15 is 0 Å². The fourth-order valence-corrected chi connectivity index (χ4v) is 2.83. The van der Waals surface area contributed by atoms with Gasteiger partial charge in [0.25, 0.3) is 0 Å². The largest absolute Gasteiger partial charge is 0.368 e. The zero-order chi connectivity index (χ0) is 14.1. The van der Waals surface area contributed by atoms with E-state index in [0.717, 1.165) is 35.5 Å². The molecule has 1 aliphatic carbocycles. The third kappa shape index (κ3) is 2.48. The number of nitrogen functional groups attached to an aromatic ring is 1. The Morgan fingerprint density at radius 1 is 1.10 bits per heavy atom. The van der Waals surface area contributed by atoms with E-state index in [4.69, 9.17) is 5.73 Å². The first-order chi connectivity index (χ1) is 9.63. The zero-order valence-electron chi connectivity index (χ0n) is 11.9. The molecule has 2 N–H and O–H groups in total. The molecule has 0 radical (unpaired) electrons. The summed E-state index contributed by atoms with van der Waals surface area (Å²) >= 11 is 0. The number of anilines is 1. The number of aromatic nitrogens is 4. The highest BCUT2D eigenvalue weighted by Gasteiger charge is 2.22. The first kappa shape index (κ1) is 13.0. The molecule has 0 bridgehead atoms. The molecule has 2 aromatic heterocycles. The maximum Gasteiger partial charge on any atom is 0.223 e. The summed E-state index contributed by atoms with van der Waals surface area (Å²) in [6.07, 6.45) is 6.60. The first-order valence-corrected chi connectivity index (χ1v) is 7.08. The average Bonchev–Trinajstić information content (AvgIpc) is 2.91. The van der Waals surface area contributed by atoms with Crippen LogP contribution >= 0.6 is 0 Å². The monoisotopic (exact) mass is 269 g/mol. The molecular weight excluding hydrogens is 250 g/mol. The van der Waals surface area contributed by atoms with Crippen molar-refractivity contribution in [2.75, 3.05) is 5.73 Å². The van der Waals surface area contributed by atoms with Gasteiger partial charge in [0.2, 0.25) is 5.95 Å². The Morgan fingerprint density at radius 2 is 1.85 bits per heavy atom. The molecule has 0 unspecified atom stereocenters. The topological polar surface area (TPSA) is 77.6 Å². The number of nitrogens with zero attached hydrogens (tertiary/aromatic N) is 4. The maximum atomic E-state index is 5.85. The van der Waals surface area contributed by atoms with E-state index in [2.05, 4.69) is 26.0 Å². The van der Waals surface area contributed by atoms with Crippen LogP contribution in [0.3, 0.4) is 0 Å². The van der Waals surface area contributed by atoms with Gasteiger partial charge in [0, 0.05) is 12.1 Å². The van der Waals surface area contributed by atoms with Crippen LogP contribution in [-0.4, -0.2) is 19.9 Å². The quantitative estimate of drug-likeness (QED) is 0.907. The zero-order valence-corrected chi connectivity index (χ0v) is 11.9. The van der Waals surface area contributed by atoms with Crippen molar-refractivity contribution in [3.05, 3.63) is 29.2 Å². The molecule has 0 amide bonds. The molecule has 2 aromatic rings. The standard InChI is InChI=1S/C15H19N5/c1-9-7-10(2)12(17-8-9)14-18-13(19-15(16)20-14)11-5-3-4-6-11/h7-8,11H,3-6H2,1-2H3,(H2,16,18,19,20). The van der Waals surface area contributed by atoms with E-state index in [-0.39, 0.29) is 0 Å². The number of pyridine rings is 1. The van der Waals surface area contributed by atoms with Crippen molar-refractivity contribution in [3.8, 4) is 11.5 Å². The van der Waals surface area contributed by atoms with Crippen LogP contribution in [0.5, 0.6) is 0 Å². The third-order valence-corrected chi connectivity index (χ3v) is 3.82. The third-order valence-electron chi connectivity index (χ3n) is 3.82. The highest BCUT2D eigenvalue weighted by atomic mass is 15.1. The molecule has 0 aromatic carbocycles. The lowest BCUT2D eigenvalue weighted by Crippen LogP contribution is -2.08. The molecular formula is C15H19N5. The molecule has 1 fully saturated rings. The molecule has 5 heteroatoms. The smallest absolute Gasteiger partial charge is 0.223 e. The number of hydrogen-bond donors (Lipinski definition) is 1. The molecule has 2 heterocycles. The van der Waals surface area contributed by atoms with Crippen LogP contribution in [0, 0.1) is 13.8 Å². The molecule has 104 valence electrons. The van der Waals surface area contributed by atoms with Gasteiger partial charge in [-0.1, -0.05) is 18.9 Å². The van der Waals surface area contributed by atoms with Gasteiger partial charge in [0.1, 0.15) is 11.5 Å². The van der Waals surface area contributed by atoms with Crippen LogP contribution < -0.4 is 5.73 Å². The van der Waals surface area contributed by atoms with Crippen molar-refractivity contribution >= 4 is 5.95 Å². The average molecular weight is 269 g/mol. The van der Waals surface area contributed by atoms with Crippen LogP contribution in [0.1, 0.15) is 48.6 Å². The van der Waals surface area contributed by atoms with Gasteiger partial charge in [-0.25, -0.2) is 4.98 Å². The summed E-state index contributed by atoms with van der Waals surface area (Å²) in [6.45, 7) is 4.04. The SMILES string of the molecule is Cc1cnc(-c2nc(N)nc(C3CCCC3)n2)c(C)c1. The summed E-state index contributed by atoms with van der Waals surface area (Å²) in [4.78, 5) is 17.6. The summed E-state index contributed by atoms with van der Waals surface area (Å²) < 4.78 is 0. The summed E-state index contributed by atoms with van der Waals surface area (Å²) in [5.74, 6) is 2.13.